The van der Waals surface area contributed by atoms with E-state index in [4.69, 9.17) is 0 Å². The zero-order valence-electron chi connectivity index (χ0n) is 11.0. The van der Waals surface area contributed by atoms with Crippen LogP contribution in [0.5, 0.6) is 0 Å². The van der Waals surface area contributed by atoms with Crippen LogP contribution in [0.2, 0.25) is 0 Å². The van der Waals surface area contributed by atoms with Crippen molar-refractivity contribution in [2.45, 2.75) is 6.92 Å². The summed E-state index contributed by atoms with van der Waals surface area (Å²) in [5, 5.41) is 8.07. The van der Waals surface area contributed by atoms with Gasteiger partial charge in [0.25, 0.3) is 0 Å². The van der Waals surface area contributed by atoms with E-state index in [9.17, 15) is 4.79 Å². The van der Waals surface area contributed by atoms with Crippen LogP contribution in [0.15, 0.2) is 54.6 Å². The molecule has 3 rings (SSSR count). The highest BCUT2D eigenvalue weighted by molar-refractivity contribution is 5.83. The molecule has 0 spiro atoms. The number of aryl methyl sites for hydroxylation is 1. The molecule has 20 heavy (non-hydrogen) atoms. The number of nitrogens with zero attached hydrogens (tertiary/aromatic N) is 3. The van der Waals surface area contributed by atoms with Gasteiger partial charge in [0.15, 0.2) is 12.0 Å². The molecule has 0 aliphatic heterocycles. The van der Waals surface area contributed by atoms with Gasteiger partial charge < -0.3 is 0 Å². The minimum atomic E-state index is 0.345. The molecule has 0 radical (unpaired) electrons. The van der Waals surface area contributed by atoms with Gasteiger partial charge in [-0.3, -0.25) is 4.79 Å². The summed E-state index contributed by atoms with van der Waals surface area (Å²) in [6.45, 7) is 2.02. The SMILES string of the molecule is Cc1cccc(-n2nnc(C=O)c2-c2ccccc2)c1. The largest absolute Gasteiger partial charge is 0.296 e. The van der Waals surface area contributed by atoms with Gasteiger partial charge in [-0.05, 0) is 24.6 Å². The molecule has 2 aromatic carbocycles. The number of aldehydes is 1. The molecule has 0 saturated heterocycles. The third-order valence-electron chi connectivity index (χ3n) is 3.10. The Bertz CT molecular complexity index is 747. The average molecular weight is 263 g/mol. The quantitative estimate of drug-likeness (QED) is 0.682. The lowest BCUT2D eigenvalue weighted by Crippen LogP contribution is -2.00. The molecule has 4 heteroatoms. The van der Waals surface area contributed by atoms with Crippen LogP contribution in [0.1, 0.15) is 16.1 Å². The summed E-state index contributed by atoms with van der Waals surface area (Å²) in [7, 11) is 0. The monoisotopic (exact) mass is 263 g/mol. The van der Waals surface area contributed by atoms with E-state index in [1.54, 1.807) is 4.68 Å². The Morgan fingerprint density at radius 3 is 2.55 bits per heavy atom. The fourth-order valence-electron chi connectivity index (χ4n) is 2.18. The van der Waals surface area contributed by atoms with E-state index in [0.717, 1.165) is 23.1 Å². The van der Waals surface area contributed by atoms with Crippen LogP contribution in [-0.2, 0) is 0 Å². The van der Waals surface area contributed by atoms with E-state index in [2.05, 4.69) is 10.3 Å². The van der Waals surface area contributed by atoms with E-state index in [-0.39, 0.29) is 0 Å². The highest BCUT2D eigenvalue weighted by Gasteiger charge is 2.15. The normalized spacial score (nSPS) is 10.4. The minimum Gasteiger partial charge on any atom is -0.296 e. The highest BCUT2D eigenvalue weighted by atomic mass is 16.1. The number of carbonyl (C=O) groups excluding carboxylic acids is 1. The van der Waals surface area contributed by atoms with Gasteiger partial charge in [0.2, 0.25) is 0 Å². The molecule has 0 fully saturated rings. The van der Waals surface area contributed by atoms with Gasteiger partial charge >= 0.3 is 0 Å². The third-order valence-corrected chi connectivity index (χ3v) is 3.10. The van der Waals surface area contributed by atoms with Crippen LogP contribution in [0.25, 0.3) is 16.9 Å². The number of rotatable bonds is 3. The molecule has 1 aromatic heterocycles. The average Bonchev–Trinajstić information content (AvgIpc) is 2.92. The molecule has 0 atom stereocenters. The summed E-state index contributed by atoms with van der Waals surface area (Å²) in [5.74, 6) is 0. The molecule has 0 aliphatic carbocycles. The smallest absolute Gasteiger partial charge is 0.172 e. The molecule has 1 heterocycles. The molecule has 3 aromatic rings. The fourth-order valence-corrected chi connectivity index (χ4v) is 2.18. The van der Waals surface area contributed by atoms with Crippen molar-refractivity contribution in [3.63, 3.8) is 0 Å². The van der Waals surface area contributed by atoms with Crippen LogP contribution in [0, 0.1) is 6.92 Å². The van der Waals surface area contributed by atoms with Crippen molar-refractivity contribution in [1.82, 2.24) is 15.0 Å². The van der Waals surface area contributed by atoms with E-state index in [1.165, 1.54) is 0 Å². The maximum absolute atomic E-state index is 11.2. The second kappa shape index (κ2) is 5.09. The Morgan fingerprint density at radius 1 is 1.05 bits per heavy atom. The predicted molar refractivity (Wildman–Crippen MR) is 76.9 cm³/mol. The number of hydrogen-bond acceptors (Lipinski definition) is 3. The van der Waals surface area contributed by atoms with Gasteiger partial charge in [0, 0.05) is 5.56 Å². The molecule has 0 saturated carbocycles. The van der Waals surface area contributed by atoms with Crippen LogP contribution in [0.4, 0.5) is 0 Å². The van der Waals surface area contributed by atoms with Gasteiger partial charge in [-0.2, -0.15) is 0 Å². The molecule has 0 unspecified atom stereocenters. The highest BCUT2D eigenvalue weighted by Crippen LogP contribution is 2.24. The summed E-state index contributed by atoms with van der Waals surface area (Å²) in [6.07, 6.45) is 0.738. The number of carbonyl (C=O) groups is 1. The standard InChI is InChI=1S/C16H13N3O/c1-12-6-5-9-14(10-12)19-16(15(11-20)17-18-19)13-7-3-2-4-8-13/h2-11H,1H3. The topological polar surface area (TPSA) is 47.8 Å². The summed E-state index contributed by atoms with van der Waals surface area (Å²) < 4.78 is 1.70. The van der Waals surface area contributed by atoms with Crippen LogP contribution < -0.4 is 0 Å². The third kappa shape index (κ3) is 2.12. The van der Waals surface area contributed by atoms with Crippen molar-refractivity contribution in [2.24, 2.45) is 0 Å². The number of benzene rings is 2. The first-order valence-electron chi connectivity index (χ1n) is 6.33. The van der Waals surface area contributed by atoms with E-state index < -0.39 is 0 Å². The molecule has 98 valence electrons. The number of hydrogen-bond donors (Lipinski definition) is 0. The summed E-state index contributed by atoms with van der Waals surface area (Å²) in [4.78, 5) is 11.2. The molecule has 0 amide bonds. The second-order valence-electron chi connectivity index (χ2n) is 4.56. The van der Waals surface area contributed by atoms with Gasteiger partial charge in [0.1, 0.15) is 5.69 Å². The molecular formula is C16H13N3O. The van der Waals surface area contributed by atoms with E-state index in [0.29, 0.717) is 11.4 Å². The zero-order valence-corrected chi connectivity index (χ0v) is 11.0. The lowest BCUT2D eigenvalue weighted by atomic mass is 10.1. The Labute approximate surface area is 116 Å². The lowest BCUT2D eigenvalue weighted by molar-refractivity contribution is 0.111. The first-order chi connectivity index (χ1) is 9.79. The van der Waals surface area contributed by atoms with Gasteiger partial charge in [-0.25, -0.2) is 4.68 Å². The van der Waals surface area contributed by atoms with Crippen molar-refractivity contribution in [3.8, 4) is 16.9 Å². The van der Waals surface area contributed by atoms with E-state index in [1.807, 2.05) is 61.5 Å². The Kier molecular flexibility index (Phi) is 3.13. The minimum absolute atomic E-state index is 0.345. The predicted octanol–water partition coefficient (Wildman–Crippen LogP) is 3.06. The van der Waals surface area contributed by atoms with Crippen LogP contribution in [-0.4, -0.2) is 21.3 Å². The summed E-state index contributed by atoms with van der Waals surface area (Å²) >= 11 is 0. The maximum atomic E-state index is 11.2. The molecule has 0 N–H and O–H groups in total. The molecular weight excluding hydrogens is 250 g/mol. The first kappa shape index (κ1) is 12.3. The second-order valence-corrected chi connectivity index (χ2v) is 4.56. The Hall–Kier alpha value is -2.75. The van der Waals surface area contributed by atoms with Crippen molar-refractivity contribution < 1.29 is 4.79 Å². The first-order valence-corrected chi connectivity index (χ1v) is 6.33. The van der Waals surface area contributed by atoms with Crippen molar-refractivity contribution in [3.05, 3.63) is 65.9 Å². The van der Waals surface area contributed by atoms with Gasteiger partial charge in [-0.15, -0.1) is 5.10 Å². The molecule has 0 bridgehead atoms. The van der Waals surface area contributed by atoms with Crippen molar-refractivity contribution in [1.29, 1.82) is 0 Å². The maximum Gasteiger partial charge on any atom is 0.172 e. The summed E-state index contributed by atoms with van der Waals surface area (Å²) in [5.41, 5.74) is 4.00. The van der Waals surface area contributed by atoms with E-state index >= 15 is 0 Å². The lowest BCUT2D eigenvalue weighted by Gasteiger charge is -2.07. The van der Waals surface area contributed by atoms with Gasteiger partial charge in [-0.1, -0.05) is 47.7 Å². The van der Waals surface area contributed by atoms with Crippen molar-refractivity contribution >= 4 is 6.29 Å². The number of aromatic nitrogens is 3. The van der Waals surface area contributed by atoms with Gasteiger partial charge in [0.05, 0.1) is 5.69 Å². The molecule has 4 nitrogen and oxygen atoms in total. The van der Waals surface area contributed by atoms with Crippen LogP contribution in [0.3, 0.4) is 0 Å². The Balaban J connectivity index is 2.23. The summed E-state index contributed by atoms with van der Waals surface area (Å²) in [6, 6.07) is 17.6. The fraction of sp³-hybridized carbons (Fsp3) is 0.0625. The zero-order chi connectivity index (χ0) is 13.9. The molecule has 0 aliphatic rings. The van der Waals surface area contributed by atoms with Crippen LogP contribution >= 0.6 is 0 Å². The van der Waals surface area contributed by atoms with Crippen molar-refractivity contribution in [2.75, 3.05) is 0 Å². The Morgan fingerprint density at radius 2 is 1.85 bits per heavy atom.